The van der Waals surface area contributed by atoms with Crippen LogP contribution < -0.4 is 0 Å². The van der Waals surface area contributed by atoms with E-state index in [0.717, 1.165) is 11.1 Å². The van der Waals surface area contributed by atoms with Gasteiger partial charge in [-0.1, -0.05) is 60.7 Å². The third kappa shape index (κ3) is 3.78. The van der Waals surface area contributed by atoms with Crippen molar-refractivity contribution in [1.82, 2.24) is 14.7 Å². The summed E-state index contributed by atoms with van der Waals surface area (Å²) in [5, 5.41) is 15.4. The summed E-state index contributed by atoms with van der Waals surface area (Å²) in [5.41, 5.74) is 2.62. The Morgan fingerprint density at radius 2 is 1.57 bits per heavy atom. The van der Waals surface area contributed by atoms with Crippen LogP contribution in [0.2, 0.25) is 0 Å². The molecule has 3 rings (SSSR count). The van der Waals surface area contributed by atoms with E-state index in [1.165, 1.54) is 4.68 Å². The molecule has 3 aromatic rings. The van der Waals surface area contributed by atoms with Gasteiger partial charge in [-0.25, -0.2) is 0 Å². The van der Waals surface area contributed by atoms with Crippen molar-refractivity contribution in [3.8, 4) is 0 Å². The Labute approximate surface area is 163 Å². The number of aromatic nitrogens is 2. The summed E-state index contributed by atoms with van der Waals surface area (Å²) >= 11 is 0. The largest absolute Gasteiger partial charge is 0.333 e. The number of nitro groups is 1. The summed E-state index contributed by atoms with van der Waals surface area (Å²) in [5.74, 6) is -0.182. The van der Waals surface area contributed by atoms with E-state index in [1.807, 2.05) is 60.7 Å². The van der Waals surface area contributed by atoms with Crippen LogP contribution in [0.4, 0.5) is 5.69 Å². The summed E-state index contributed by atoms with van der Waals surface area (Å²) < 4.78 is 1.40. The molecule has 7 heteroatoms. The van der Waals surface area contributed by atoms with Crippen molar-refractivity contribution in [2.75, 3.05) is 7.05 Å². The third-order valence-corrected chi connectivity index (χ3v) is 4.82. The number of rotatable bonds is 6. The molecule has 1 amide bonds. The van der Waals surface area contributed by atoms with E-state index in [1.54, 1.807) is 25.8 Å². The maximum atomic E-state index is 13.0. The number of amides is 1. The minimum Gasteiger partial charge on any atom is -0.333 e. The van der Waals surface area contributed by atoms with Gasteiger partial charge in [-0.05, 0) is 25.0 Å². The van der Waals surface area contributed by atoms with Gasteiger partial charge in [0.25, 0.3) is 0 Å². The van der Waals surface area contributed by atoms with Gasteiger partial charge in [0.05, 0.1) is 11.0 Å². The minimum absolute atomic E-state index is 0.0434. The van der Waals surface area contributed by atoms with E-state index in [0.29, 0.717) is 11.4 Å². The summed E-state index contributed by atoms with van der Waals surface area (Å²) in [6.07, 6.45) is 0. The van der Waals surface area contributed by atoms with Gasteiger partial charge in [-0.2, -0.15) is 5.10 Å². The maximum Gasteiger partial charge on any atom is 0.312 e. The van der Waals surface area contributed by atoms with E-state index in [-0.39, 0.29) is 24.2 Å². The van der Waals surface area contributed by atoms with Crippen LogP contribution in [0.5, 0.6) is 0 Å². The monoisotopic (exact) mass is 378 g/mol. The van der Waals surface area contributed by atoms with Gasteiger partial charge in [0.1, 0.15) is 17.9 Å². The van der Waals surface area contributed by atoms with E-state index in [9.17, 15) is 14.9 Å². The lowest BCUT2D eigenvalue weighted by molar-refractivity contribution is -0.386. The zero-order valence-corrected chi connectivity index (χ0v) is 16.1. The highest BCUT2D eigenvalue weighted by molar-refractivity contribution is 5.77. The molecule has 0 aliphatic carbocycles. The number of benzene rings is 2. The van der Waals surface area contributed by atoms with Crippen LogP contribution in [-0.4, -0.2) is 32.6 Å². The van der Waals surface area contributed by atoms with E-state index >= 15 is 0 Å². The molecule has 0 aliphatic heterocycles. The highest BCUT2D eigenvalue weighted by Gasteiger charge is 2.27. The Bertz CT molecular complexity index is 944. The number of carbonyl (C=O) groups is 1. The fourth-order valence-electron chi connectivity index (χ4n) is 3.40. The molecule has 28 heavy (non-hydrogen) atoms. The molecular weight excluding hydrogens is 356 g/mol. The Kier molecular flexibility index (Phi) is 5.54. The van der Waals surface area contributed by atoms with Gasteiger partial charge in [0.15, 0.2) is 0 Å². The lowest BCUT2D eigenvalue weighted by Crippen LogP contribution is -2.35. The van der Waals surface area contributed by atoms with Crippen molar-refractivity contribution in [3.05, 3.63) is 93.3 Å². The van der Waals surface area contributed by atoms with Crippen molar-refractivity contribution >= 4 is 11.6 Å². The van der Waals surface area contributed by atoms with Gasteiger partial charge < -0.3 is 4.90 Å². The summed E-state index contributed by atoms with van der Waals surface area (Å²) in [6, 6.07) is 19.3. The second kappa shape index (κ2) is 8.04. The summed E-state index contributed by atoms with van der Waals surface area (Å²) in [4.78, 5) is 25.4. The first kappa shape index (κ1) is 19.3. The van der Waals surface area contributed by atoms with Crippen molar-refractivity contribution < 1.29 is 9.72 Å². The van der Waals surface area contributed by atoms with Crippen molar-refractivity contribution in [2.24, 2.45) is 0 Å². The molecule has 0 radical (unpaired) electrons. The van der Waals surface area contributed by atoms with Crippen LogP contribution in [0.25, 0.3) is 0 Å². The molecule has 2 aromatic carbocycles. The second-order valence-corrected chi connectivity index (χ2v) is 6.66. The average molecular weight is 378 g/mol. The Balaban J connectivity index is 1.91. The topological polar surface area (TPSA) is 81.3 Å². The first-order valence-corrected chi connectivity index (χ1v) is 8.94. The smallest absolute Gasteiger partial charge is 0.312 e. The molecule has 0 fully saturated rings. The predicted octanol–water partition coefficient (Wildman–Crippen LogP) is 3.66. The highest BCUT2D eigenvalue weighted by atomic mass is 16.6. The quantitative estimate of drug-likeness (QED) is 0.484. The molecule has 0 spiro atoms. The van der Waals surface area contributed by atoms with Gasteiger partial charge >= 0.3 is 5.69 Å². The molecule has 0 saturated heterocycles. The molecule has 0 atom stereocenters. The molecule has 7 nitrogen and oxygen atoms in total. The predicted molar refractivity (Wildman–Crippen MR) is 106 cm³/mol. The molecule has 0 saturated carbocycles. The number of likely N-dealkylation sites (N-methyl/N-ethyl adjacent to an activating group) is 1. The molecule has 0 bridgehead atoms. The third-order valence-electron chi connectivity index (χ3n) is 4.82. The molecule has 0 unspecified atom stereocenters. The first-order chi connectivity index (χ1) is 13.4. The zero-order chi connectivity index (χ0) is 20.3. The molecule has 0 N–H and O–H groups in total. The van der Waals surface area contributed by atoms with Gasteiger partial charge in [-0.15, -0.1) is 0 Å². The lowest BCUT2D eigenvalue weighted by Gasteiger charge is -2.29. The zero-order valence-electron chi connectivity index (χ0n) is 16.1. The Morgan fingerprint density at radius 1 is 1.07 bits per heavy atom. The second-order valence-electron chi connectivity index (χ2n) is 6.66. The number of hydrogen-bond acceptors (Lipinski definition) is 4. The lowest BCUT2D eigenvalue weighted by atomic mass is 9.97. The van der Waals surface area contributed by atoms with Crippen molar-refractivity contribution in [2.45, 2.75) is 26.4 Å². The van der Waals surface area contributed by atoms with Crippen LogP contribution in [0.15, 0.2) is 60.7 Å². The molecule has 144 valence electrons. The Morgan fingerprint density at radius 3 is 2.00 bits per heavy atom. The normalized spacial score (nSPS) is 10.9. The fraction of sp³-hybridized carbons (Fsp3) is 0.238. The van der Waals surface area contributed by atoms with E-state index < -0.39 is 4.92 Å². The fourth-order valence-corrected chi connectivity index (χ4v) is 3.40. The average Bonchev–Trinajstić information content (AvgIpc) is 2.96. The van der Waals surface area contributed by atoms with Crippen LogP contribution in [0.1, 0.15) is 28.6 Å². The molecule has 1 aromatic heterocycles. The highest BCUT2D eigenvalue weighted by Crippen LogP contribution is 2.28. The number of aryl methyl sites for hydroxylation is 1. The summed E-state index contributed by atoms with van der Waals surface area (Å²) in [6.45, 7) is 3.12. The van der Waals surface area contributed by atoms with Crippen molar-refractivity contribution in [3.63, 3.8) is 0 Å². The van der Waals surface area contributed by atoms with Crippen molar-refractivity contribution in [1.29, 1.82) is 0 Å². The van der Waals surface area contributed by atoms with Crippen LogP contribution in [0, 0.1) is 24.0 Å². The first-order valence-electron chi connectivity index (χ1n) is 8.94. The van der Waals surface area contributed by atoms with Crippen LogP contribution in [0.3, 0.4) is 0 Å². The maximum absolute atomic E-state index is 13.0. The molecule has 0 aliphatic rings. The van der Waals surface area contributed by atoms with E-state index in [4.69, 9.17) is 0 Å². The van der Waals surface area contributed by atoms with Crippen LogP contribution in [-0.2, 0) is 11.3 Å². The SMILES string of the molecule is Cc1nn(CC(=O)N(C)C(c2ccccc2)c2ccccc2)c(C)c1[N+](=O)[O-]. The number of carbonyl (C=O) groups excluding carboxylic acids is 1. The standard InChI is InChI=1S/C21H22N4O3/c1-15-20(25(27)28)16(2)24(22-15)14-19(26)23(3)21(17-10-6-4-7-11-17)18-12-8-5-9-13-18/h4-13,21H,14H2,1-3H3. The van der Waals surface area contributed by atoms with Crippen LogP contribution >= 0.6 is 0 Å². The number of nitrogens with zero attached hydrogens (tertiary/aromatic N) is 4. The van der Waals surface area contributed by atoms with Gasteiger partial charge in [0.2, 0.25) is 5.91 Å². The van der Waals surface area contributed by atoms with Gasteiger partial charge in [-0.3, -0.25) is 19.6 Å². The van der Waals surface area contributed by atoms with Gasteiger partial charge in [0, 0.05) is 7.05 Å². The molecule has 1 heterocycles. The minimum atomic E-state index is -0.459. The molecular formula is C21H22N4O3. The van der Waals surface area contributed by atoms with E-state index in [2.05, 4.69) is 5.10 Å². The summed E-state index contributed by atoms with van der Waals surface area (Å²) in [7, 11) is 1.74. The number of hydrogen-bond donors (Lipinski definition) is 0. The Hall–Kier alpha value is -3.48.